The third-order valence-electron chi connectivity index (χ3n) is 5.08. The van der Waals surface area contributed by atoms with Crippen LogP contribution in [0.4, 0.5) is 11.4 Å². The number of carbonyl (C=O) groups is 1. The summed E-state index contributed by atoms with van der Waals surface area (Å²) in [5.74, 6) is -0.431. The maximum atomic E-state index is 12.0. The summed E-state index contributed by atoms with van der Waals surface area (Å²) in [7, 11) is 0. The first-order valence-corrected chi connectivity index (χ1v) is 8.49. The van der Waals surface area contributed by atoms with Gasteiger partial charge in [-0.2, -0.15) is 0 Å². The number of benzene rings is 2. The highest BCUT2D eigenvalue weighted by Gasteiger charge is 2.52. The Kier molecular flexibility index (Phi) is 4.74. The summed E-state index contributed by atoms with van der Waals surface area (Å²) in [4.78, 5) is 12.0. The Morgan fingerprint density at radius 1 is 1.08 bits per heavy atom. The molecule has 3 rings (SSSR count). The molecule has 0 spiro atoms. The van der Waals surface area contributed by atoms with Crippen LogP contribution in [0.3, 0.4) is 0 Å². The molecule has 1 fully saturated rings. The average molecular weight is 343 g/mol. The van der Waals surface area contributed by atoms with Gasteiger partial charge in [-0.1, -0.05) is 43.3 Å². The van der Waals surface area contributed by atoms with Crippen LogP contribution in [0.5, 0.6) is 0 Å². The summed E-state index contributed by atoms with van der Waals surface area (Å²) in [6.07, 6.45) is 0.620. The molecule has 0 bridgehead atoms. The van der Waals surface area contributed by atoms with Gasteiger partial charge in [-0.15, -0.1) is 0 Å². The molecule has 1 heterocycles. The van der Waals surface area contributed by atoms with Gasteiger partial charge in [-0.3, -0.25) is 0 Å². The van der Waals surface area contributed by atoms with E-state index in [0.717, 1.165) is 12.1 Å². The molecule has 1 unspecified atom stereocenters. The van der Waals surface area contributed by atoms with Gasteiger partial charge in [0.05, 0.1) is 5.57 Å². The highest BCUT2D eigenvalue weighted by Crippen LogP contribution is 2.48. The summed E-state index contributed by atoms with van der Waals surface area (Å²) in [6.45, 7) is 4.88. The van der Waals surface area contributed by atoms with Crippen LogP contribution in [0.25, 0.3) is 0 Å². The number of nitrogens with zero attached hydrogens (tertiary/aromatic N) is 1. The topological polar surface area (TPSA) is 26.3 Å². The van der Waals surface area contributed by atoms with E-state index >= 15 is 0 Å². The second kappa shape index (κ2) is 6.80. The van der Waals surface area contributed by atoms with E-state index in [9.17, 15) is 4.79 Å². The fraction of sp³-hybridized carbons (Fsp3) is 0.250. The smallest absolute Gasteiger partial charge is 0.343 e. The van der Waals surface area contributed by atoms with Gasteiger partial charge >= 0.3 is 5.97 Å². The van der Waals surface area contributed by atoms with E-state index in [1.807, 2.05) is 19.1 Å². The van der Waals surface area contributed by atoms with E-state index < -0.39 is 5.97 Å². The minimum absolute atomic E-state index is 0.153. The van der Waals surface area contributed by atoms with Gasteiger partial charge < -0.3 is 4.29 Å². The molecule has 2 aromatic carbocycles. The molecule has 2 aromatic rings. The molecule has 1 atom stereocenters. The summed E-state index contributed by atoms with van der Waals surface area (Å²) < 4.78 is 5.16. The SMILES string of the molecule is CCC(C(=O)OCl)=C1C[N+](c2ccccc2)(c2ccccc2)C1C. The number of rotatable bonds is 4. The van der Waals surface area contributed by atoms with E-state index in [-0.39, 0.29) is 6.04 Å². The maximum Gasteiger partial charge on any atom is 0.352 e. The van der Waals surface area contributed by atoms with Gasteiger partial charge in [0.25, 0.3) is 0 Å². The first kappa shape index (κ1) is 16.7. The zero-order chi connectivity index (χ0) is 17.2. The number of halogens is 1. The molecule has 1 aliphatic rings. The predicted octanol–water partition coefficient (Wildman–Crippen LogP) is 5.13. The molecule has 1 saturated heterocycles. The molecule has 1 aliphatic heterocycles. The highest BCUT2D eigenvalue weighted by molar-refractivity contribution is 6.15. The van der Waals surface area contributed by atoms with Crippen molar-refractivity contribution >= 4 is 29.2 Å². The first-order valence-electron chi connectivity index (χ1n) is 8.19. The van der Waals surface area contributed by atoms with Crippen LogP contribution < -0.4 is 4.48 Å². The summed E-state index contributed by atoms with van der Waals surface area (Å²) in [5, 5.41) is 0. The number of quaternary nitrogens is 1. The van der Waals surface area contributed by atoms with Crippen molar-refractivity contribution in [2.75, 3.05) is 6.54 Å². The van der Waals surface area contributed by atoms with Crippen LogP contribution in [0.2, 0.25) is 0 Å². The lowest BCUT2D eigenvalue weighted by Gasteiger charge is -2.52. The number of hydrogen-bond donors (Lipinski definition) is 0. The fourth-order valence-corrected chi connectivity index (χ4v) is 3.85. The normalized spacial score (nSPS) is 20.9. The molecule has 0 radical (unpaired) electrons. The van der Waals surface area contributed by atoms with Crippen molar-refractivity contribution in [2.45, 2.75) is 26.3 Å². The third-order valence-corrected chi connectivity index (χ3v) is 5.22. The summed E-state index contributed by atoms with van der Waals surface area (Å²) in [5.41, 5.74) is 4.25. The average Bonchev–Trinajstić information content (AvgIpc) is 2.65. The van der Waals surface area contributed by atoms with E-state index in [4.69, 9.17) is 11.9 Å². The Morgan fingerprint density at radius 3 is 1.96 bits per heavy atom. The van der Waals surface area contributed by atoms with E-state index in [0.29, 0.717) is 16.5 Å². The second-order valence-corrected chi connectivity index (χ2v) is 6.25. The van der Waals surface area contributed by atoms with Crippen LogP contribution in [0.15, 0.2) is 71.8 Å². The van der Waals surface area contributed by atoms with Crippen molar-refractivity contribution in [3.05, 3.63) is 71.8 Å². The Labute approximate surface area is 147 Å². The van der Waals surface area contributed by atoms with Gasteiger partial charge in [0, 0.05) is 5.57 Å². The molecule has 3 nitrogen and oxygen atoms in total. The van der Waals surface area contributed by atoms with Crippen LogP contribution in [0, 0.1) is 0 Å². The quantitative estimate of drug-likeness (QED) is 0.568. The summed E-state index contributed by atoms with van der Waals surface area (Å²) >= 11 is 5.31. The van der Waals surface area contributed by atoms with Crippen LogP contribution in [-0.4, -0.2) is 18.6 Å². The van der Waals surface area contributed by atoms with Crippen molar-refractivity contribution in [2.24, 2.45) is 0 Å². The Morgan fingerprint density at radius 2 is 1.58 bits per heavy atom. The lowest BCUT2D eigenvalue weighted by Crippen LogP contribution is -2.64. The lowest BCUT2D eigenvalue weighted by molar-refractivity contribution is -0.130. The van der Waals surface area contributed by atoms with Crippen molar-refractivity contribution in [3.63, 3.8) is 0 Å². The maximum absolute atomic E-state index is 12.0. The van der Waals surface area contributed by atoms with Gasteiger partial charge in [-0.25, -0.2) is 9.28 Å². The Hall–Kier alpha value is -2.10. The number of para-hydroxylation sites is 2. The third kappa shape index (κ3) is 2.54. The molecule has 24 heavy (non-hydrogen) atoms. The van der Waals surface area contributed by atoms with E-state index in [1.54, 1.807) is 0 Å². The van der Waals surface area contributed by atoms with Crippen molar-refractivity contribution in [3.8, 4) is 0 Å². The van der Waals surface area contributed by atoms with Crippen molar-refractivity contribution in [1.29, 1.82) is 0 Å². The number of carbonyl (C=O) groups excluding carboxylic acids is 1. The largest absolute Gasteiger partial charge is 0.352 e. The number of hydrogen-bond acceptors (Lipinski definition) is 2. The minimum atomic E-state index is -0.431. The van der Waals surface area contributed by atoms with E-state index in [2.05, 4.69) is 59.7 Å². The van der Waals surface area contributed by atoms with E-state index in [1.165, 1.54) is 11.4 Å². The van der Waals surface area contributed by atoms with Crippen molar-refractivity contribution in [1.82, 2.24) is 4.48 Å². The molecule has 124 valence electrons. The predicted molar refractivity (Wildman–Crippen MR) is 97.9 cm³/mol. The van der Waals surface area contributed by atoms with Gasteiger partial charge in [-0.05, 0) is 37.6 Å². The molecule has 0 aliphatic carbocycles. The molecule has 0 aromatic heterocycles. The molecule has 0 saturated carbocycles. The molecular formula is C20H21ClNO2+. The Bertz CT molecular complexity index is 716. The molecule has 0 amide bonds. The van der Waals surface area contributed by atoms with Crippen LogP contribution in [-0.2, 0) is 9.08 Å². The van der Waals surface area contributed by atoms with Gasteiger partial charge in [0.1, 0.15) is 35.8 Å². The van der Waals surface area contributed by atoms with Crippen LogP contribution in [0.1, 0.15) is 20.3 Å². The zero-order valence-electron chi connectivity index (χ0n) is 13.9. The van der Waals surface area contributed by atoms with Crippen LogP contribution >= 0.6 is 11.9 Å². The standard InChI is InChI=1S/C20H21ClNO2/c1-3-18(20(23)24-21)19-14-22(15(19)2,16-10-6-4-7-11-16)17-12-8-5-9-13-17/h4-13,15H,3,14H2,1-2H3/q+1. The molecule has 4 heteroatoms. The highest BCUT2D eigenvalue weighted by atomic mass is 35.5. The first-order chi connectivity index (χ1) is 11.6. The zero-order valence-corrected chi connectivity index (χ0v) is 14.7. The monoisotopic (exact) mass is 342 g/mol. The fourth-order valence-electron chi connectivity index (χ4n) is 3.75. The van der Waals surface area contributed by atoms with Gasteiger partial charge in [0.15, 0.2) is 0 Å². The minimum Gasteiger partial charge on any atom is -0.343 e. The Balaban J connectivity index is 2.11. The molecular weight excluding hydrogens is 322 g/mol. The summed E-state index contributed by atoms with van der Waals surface area (Å²) in [6, 6.07) is 21.0. The van der Waals surface area contributed by atoms with Gasteiger partial charge in [0.2, 0.25) is 0 Å². The van der Waals surface area contributed by atoms with Crippen molar-refractivity contribution < 1.29 is 9.08 Å². The molecule has 0 N–H and O–H groups in total. The second-order valence-electron chi connectivity index (χ2n) is 6.10. The lowest BCUT2D eigenvalue weighted by atomic mass is 9.84.